The van der Waals surface area contributed by atoms with Crippen LogP contribution in [-0.2, 0) is 4.79 Å². The first kappa shape index (κ1) is 8.01. The van der Waals surface area contributed by atoms with Crippen molar-refractivity contribution < 1.29 is 9.90 Å². The van der Waals surface area contributed by atoms with Gasteiger partial charge in [0.1, 0.15) is 0 Å². The summed E-state index contributed by atoms with van der Waals surface area (Å²) >= 11 is 0. The maximum Gasteiger partial charge on any atom is 0.234 e. The molecule has 2 rings (SSSR count). The van der Waals surface area contributed by atoms with Gasteiger partial charge in [0.2, 0.25) is 5.91 Å². The number of hydrogen-bond donors (Lipinski definition) is 2. The van der Waals surface area contributed by atoms with Crippen LogP contribution in [0.3, 0.4) is 0 Å². The van der Waals surface area contributed by atoms with E-state index in [4.69, 9.17) is 0 Å². The Morgan fingerprint density at radius 2 is 2.33 bits per heavy atom. The Hall–Kier alpha value is -0.610. The minimum Gasteiger partial charge on any atom is -0.391 e. The molecule has 0 aromatic carbocycles. The average Bonchev–Trinajstić information content (AvgIpc) is 2.02. The molecule has 0 radical (unpaired) electrons. The SMILES string of the molecule is O=C1CN([C@H]2CC[C@@H]2O)CCN1. The van der Waals surface area contributed by atoms with E-state index in [1.165, 1.54) is 0 Å². The highest BCUT2D eigenvalue weighted by molar-refractivity contribution is 5.78. The third-order valence-corrected chi connectivity index (χ3v) is 2.74. The lowest BCUT2D eigenvalue weighted by atomic mass is 9.87. The fourth-order valence-corrected chi connectivity index (χ4v) is 1.83. The van der Waals surface area contributed by atoms with Crippen LogP contribution in [0.1, 0.15) is 12.8 Å². The largest absolute Gasteiger partial charge is 0.391 e. The number of piperazine rings is 1. The van der Waals surface area contributed by atoms with Crippen molar-refractivity contribution in [1.82, 2.24) is 10.2 Å². The summed E-state index contributed by atoms with van der Waals surface area (Å²) in [6.07, 6.45) is 1.73. The highest BCUT2D eigenvalue weighted by atomic mass is 16.3. The van der Waals surface area contributed by atoms with Gasteiger partial charge in [0, 0.05) is 19.1 Å². The lowest BCUT2D eigenvalue weighted by molar-refractivity contribution is -0.127. The molecule has 2 atom stereocenters. The molecule has 4 heteroatoms. The predicted molar refractivity (Wildman–Crippen MR) is 43.6 cm³/mol. The third-order valence-electron chi connectivity index (χ3n) is 2.74. The van der Waals surface area contributed by atoms with Crippen LogP contribution < -0.4 is 5.32 Å². The first-order valence-electron chi connectivity index (χ1n) is 4.46. The van der Waals surface area contributed by atoms with E-state index in [9.17, 15) is 9.90 Å². The summed E-state index contributed by atoms with van der Waals surface area (Å²) < 4.78 is 0. The van der Waals surface area contributed by atoms with Crippen molar-refractivity contribution in [3.63, 3.8) is 0 Å². The molecule has 4 nitrogen and oxygen atoms in total. The van der Waals surface area contributed by atoms with Gasteiger partial charge in [0.25, 0.3) is 0 Å². The summed E-state index contributed by atoms with van der Waals surface area (Å²) in [5.41, 5.74) is 0. The number of amides is 1. The number of hydrogen-bond acceptors (Lipinski definition) is 3. The molecule has 1 saturated heterocycles. The molecule has 1 aliphatic heterocycles. The van der Waals surface area contributed by atoms with Gasteiger partial charge < -0.3 is 10.4 Å². The molecule has 1 saturated carbocycles. The molecule has 0 spiro atoms. The number of nitrogens with zero attached hydrogens (tertiary/aromatic N) is 1. The zero-order chi connectivity index (χ0) is 8.55. The fraction of sp³-hybridized carbons (Fsp3) is 0.875. The summed E-state index contributed by atoms with van der Waals surface area (Å²) in [5, 5.41) is 12.1. The van der Waals surface area contributed by atoms with Gasteiger partial charge in [-0.15, -0.1) is 0 Å². The Labute approximate surface area is 71.5 Å². The Morgan fingerprint density at radius 3 is 2.83 bits per heavy atom. The quantitative estimate of drug-likeness (QED) is 0.527. The van der Waals surface area contributed by atoms with Crippen molar-refractivity contribution in [3.05, 3.63) is 0 Å². The summed E-state index contributed by atoms with van der Waals surface area (Å²) in [5.74, 6) is 0.0837. The van der Waals surface area contributed by atoms with Crippen LogP contribution in [0.4, 0.5) is 0 Å². The summed E-state index contributed by atoms with van der Waals surface area (Å²) in [6.45, 7) is 2.07. The van der Waals surface area contributed by atoms with Gasteiger partial charge in [0.05, 0.1) is 12.6 Å². The molecule has 0 aromatic heterocycles. The Morgan fingerprint density at radius 1 is 1.50 bits per heavy atom. The molecule has 2 N–H and O–H groups in total. The molecule has 1 amide bonds. The van der Waals surface area contributed by atoms with Gasteiger partial charge in [-0.05, 0) is 12.8 Å². The minimum atomic E-state index is -0.198. The number of rotatable bonds is 1. The molecule has 1 heterocycles. The first-order valence-corrected chi connectivity index (χ1v) is 4.46. The zero-order valence-corrected chi connectivity index (χ0v) is 6.99. The van der Waals surface area contributed by atoms with Crippen LogP contribution in [0.15, 0.2) is 0 Å². The van der Waals surface area contributed by atoms with E-state index in [1.54, 1.807) is 0 Å². The maximum absolute atomic E-state index is 11.0. The van der Waals surface area contributed by atoms with Gasteiger partial charge in [-0.1, -0.05) is 0 Å². The number of carbonyl (C=O) groups excluding carboxylic acids is 1. The van der Waals surface area contributed by atoms with Gasteiger partial charge >= 0.3 is 0 Å². The fourth-order valence-electron chi connectivity index (χ4n) is 1.83. The van der Waals surface area contributed by atoms with Crippen LogP contribution in [0, 0.1) is 0 Å². The Balaban J connectivity index is 1.90. The molecule has 1 aliphatic carbocycles. The smallest absolute Gasteiger partial charge is 0.234 e. The van der Waals surface area contributed by atoms with Gasteiger partial charge in [0.15, 0.2) is 0 Å². The monoisotopic (exact) mass is 170 g/mol. The number of aliphatic hydroxyl groups is 1. The molecular weight excluding hydrogens is 156 g/mol. The Kier molecular flexibility index (Phi) is 2.02. The average molecular weight is 170 g/mol. The van der Waals surface area contributed by atoms with Crippen LogP contribution in [0.5, 0.6) is 0 Å². The summed E-state index contributed by atoms with van der Waals surface area (Å²) in [4.78, 5) is 13.1. The van der Waals surface area contributed by atoms with E-state index in [2.05, 4.69) is 10.2 Å². The molecule has 68 valence electrons. The number of aliphatic hydroxyl groups excluding tert-OH is 1. The van der Waals surface area contributed by atoms with Gasteiger partial charge in [-0.25, -0.2) is 0 Å². The van der Waals surface area contributed by atoms with E-state index in [0.29, 0.717) is 6.54 Å². The molecule has 2 fully saturated rings. The van der Waals surface area contributed by atoms with E-state index in [0.717, 1.165) is 25.9 Å². The van der Waals surface area contributed by atoms with E-state index < -0.39 is 0 Å². The predicted octanol–water partition coefficient (Wildman–Crippen LogP) is -1.06. The zero-order valence-electron chi connectivity index (χ0n) is 6.99. The topological polar surface area (TPSA) is 52.6 Å². The van der Waals surface area contributed by atoms with Crippen LogP contribution in [0.25, 0.3) is 0 Å². The lowest BCUT2D eigenvalue weighted by Gasteiger charge is -2.42. The van der Waals surface area contributed by atoms with Crippen molar-refractivity contribution in [1.29, 1.82) is 0 Å². The maximum atomic E-state index is 11.0. The van der Waals surface area contributed by atoms with Gasteiger partial charge in [-0.2, -0.15) is 0 Å². The van der Waals surface area contributed by atoms with Crippen LogP contribution >= 0.6 is 0 Å². The number of nitrogens with one attached hydrogen (secondary N) is 1. The Bertz CT molecular complexity index is 195. The molecule has 0 aromatic rings. The second-order valence-corrected chi connectivity index (χ2v) is 3.53. The highest BCUT2D eigenvalue weighted by Gasteiger charge is 2.35. The van der Waals surface area contributed by atoms with Crippen molar-refractivity contribution in [2.45, 2.75) is 25.0 Å². The standard InChI is InChI=1S/C8H14N2O2/c11-7-2-1-6(7)10-4-3-9-8(12)5-10/h6-7,11H,1-5H2,(H,9,12)/t6-,7-/m0/s1. The molecule has 0 bridgehead atoms. The molecule has 0 unspecified atom stereocenters. The minimum absolute atomic E-state index is 0.0837. The molecular formula is C8H14N2O2. The first-order chi connectivity index (χ1) is 5.77. The van der Waals surface area contributed by atoms with E-state index in [1.807, 2.05) is 0 Å². The lowest BCUT2D eigenvalue weighted by Crippen LogP contribution is -2.58. The molecule has 12 heavy (non-hydrogen) atoms. The molecule has 2 aliphatic rings. The van der Waals surface area contributed by atoms with E-state index >= 15 is 0 Å². The van der Waals surface area contributed by atoms with Crippen molar-refractivity contribution in [3.8, 4) is 0 Å². The van der Waals surface area contributed by atoms with Crippen molar-refractivity contribution in [2.75, 3.05) is 19.6 Å². The second-order valence-electron chi connectivity index (χ2n) is 3.53. The number of carbonyl (C=O) groups is 1. The summed E-state index contributed by atoms with van der Waals surface area (Å²) in [6, 6.07) is 0.246. The third kappa shape index (κ3) is 1.32. The van der Waals surface area contributed by atoms with Crippen molar-refractivity contribution >= 4 is 5.91 Å². The van der Waals surface area contributed by atoms with Crippen LogP contribution in [0.2, 0.25) is 0 Å². The van der Waals surface area contributed by atoms with Crippen LogP contribution in [-0.4, -0.2) is 47.7 Å². The normalized spacial score (nSPS) is 37.2. The van der Waals surface area contributed by atoms with Gasteiger partial charge in [-0.3, -0.25) is 9.69 Å². The van der Waals surface area contributed by atoms with E-state index in [-0.39, 0.29) is 18.1 Å². The highest BCUT2D eigenvalue weighted by Crippen LogP contribution is 2.25. The summed E-state index contributed by atoms with van der Waals surface area (Å²) in [7, 11) is 0. The second kappa shape index (κ2) is 3.03. The van der Waals surface area contributed by atoms with Crippen molar-refractivity contribution in [2.24, 2.45) is 0 Å².